The van der Waals surface area contributed by atoms with Crippen molar-refractivity contribution in [3.05, 3.63) is 23.9 Å². The second kappa shape index (κ2) is 6.59. The SMILES string of the molecule is COc1cccc(CN2CC[C@@]3(CO)CN(S(C)(=O)=O)C[C@H]3C2)n1. The van der Waals surface area contributed by atoms with E-state index in [1.807, 2.05) is 18.2 Å². The van der Waals surface area contributed by atoms with Crippen molar-refractivity contribution in [2.75, 3.05) is 46.2 Å². The third-order valence-corrected chi connectivity index (χ3v) is 6.56. The van der Waals surface area contributed by atoms with Crippen LogP contribution in [0.1, 0.15) is 12.1 Å². The Kier molecular flexibility index (Phi) is 4.83. The molecular formula is C16H25N3O4S. The van der Waals surface area contributed by atoms with Crippen LogP contribution in [0.25, 0.3) is 0 Å². The molecule has 0 unspecified atom stereocenters. The number of sulfonamides is 1. The van der Waals surface area contributed by atoms with Crippen LogP contribution in [0, 0.1) is 11.3 Å². The third-order valence-electron chi connectivity index (χ3n) is 5.35. The molecule has 0 saturated carbocycles. The average molecular weight is 355 g/mol. The van der Waals surface area contributed by atoms with E-state index in [1.54, 1.807) is 7.11 Å². The molecule has 0 amide bonds. The van der Waals surface area contributed by atoms with Crippen molar-refractivity contribution in [2.24, 2.45) is 11.3 Å². The van der Waals surface area contributed by atoms with E-state index in [1.165, 1.54) is 10.6 Å². The minimum atomic E-state index is -3.22. The summed E-state index contributed by atoms with van der Waals surface area (Å²) in [5.41, 5.74) is 0.630. The Morgan fingerprint density at radius 3 is 2.88 bits per heavy atom. The highest BCUT2D eigenvalue weighted by Crippen LogP contribution is 2.43. The number of ether oxygens (including phenoxy) is 1. The molecule has 8 heteroatoms. The number of pyridine rings is 1. The summed E-state index contributed by atoms with van der Waals surface area (Å²) in [4.78, 5) is 6.73. The summed E-state index contributed by atoms with van der Waals surface area (Å²) < 4.78 is 30.4. The van der Waals surface area contributed by atoms with Gasteiger partial charge in [0, 0.05) is 37.7 Å². The van der Waals surface area contributed by atoms with Crippen molar-refractivity contribution in [3.63, 3.8) is 0 Å². The minimum absolute atomic E-state index is 0.0366. The highest BCUT2D eigenvalue weighted by atomic mass is 32.2. The molecule has 3 heterocycles. The largest absolute Gasteiger partial charge is 0.481 e. The predicted octanol–water partition coefficient (Wildman–Crippen LogP) is 0.166. The second-order valence-corrected chi connectivity index (χ2v) is 8.91. The molecule has 2 fully saturated rings. The topological polar surface area (TPSA) is 83.0 Å². The van der Waals surface area contributed by atoms with Crippen molar-refractivity contribution in [3.8, 4) is 5.88 Å². The van der Waals surface area contributed by atoms with E-state index in [-0.39, 0.29) is 17.9 Å². The summed E-state index contributed by atoms with van der Waals surface area (Å²) >= 11 is 0. The summed E-state index contributed by atoms with van der Waals surface area (Å²) in [7, 11) is -1.62. The van der Waals surface area contributed by atoms with Gasteiger partial charge in [-0.05, 0) is 24.9 Å². The molecule has 0 radical (unpaired) electrons. The zero-order chi connectivity index (χ0) is 17.4. The predicted molar refractivity (Wildman–Crippen MR) is 90.1 cm³/mol. The van der Waals surface area contributed by atoms with Crippen LogP contribution in [0.3, 0.4) is 0 Å². The lowest BCUT2D eigenvalue weighted by Crippen LogP contribution is -2.48. The van der Waals surface area contributed by atoms with Crippen LogP contribution in [0.4, 0.5) is 0 Å². The fourth-order valence-electron chi connectivity index (χ4n) is 3.85. The van der Waals surface area contributed by atoms with Gasteiger partial charge < -0.3 is 9.84 Å². The van der Waals surface area contributed by atoms with E-state index in [9.17, 15) is 13.5 Å². The molecule has 3 rings (SSSR count). The molecule has 2 saturated heterocycles. The van der Waals surface area contributed by atoms with Gasteiger partial charge in [0.05, 0.1) is 25.7 Å². The molecule has 24 heavy (non-hydrogen) atoms. The Morgan fingerprint density at radius 1 is 1.42 bits per heavy atom. The molecule has 7 nitrogen and oxygen atoms in total. The number of rotatable bonds is 5. The first-order valence-corrected chi connectivity index (χ1v) is 9.99. The number of fused-ring (bicyclic) bond motifs is 1. The van der Waals surface area contributed by atoms with Crippen molar-refractivity contribution in [2.45, 2.75) is 13.0 Å². The Labute approximate surface area is 143 Å². The van der Waals surface area contributed by atoms with Crippen LogP contribution >= 0.6 is 0 Å². The summed E-state index contributed by atoms with van der Waals surface area (Å²) in [6, 6.07) is 5.70. The minimum Gasteiger partial charge on any atom is -0.481 e. The maximum Gasteiger partial charge on any atom is 0.213 e. The molecule has 2 aliphatic rings. The van der Waals surface area contributed by atoms with E-state index in [2.05, 4.69) is 9.88 Å². The zero-order valence-electron chi connectivity index (χ0n) is 14.2. The second-order valence-electron chi connectivity index (χ2n) is 6.93. The maximum absolute atomic E-state index is 11.9. The standard InChI is InChI=1S/C16H25N3O4S/c1-23-15-5-3-4-14(17-15)10-18-7-6-16(12-20)11-19(24(2,21)22)9-13(16)8-18/h3-5,13,20H,6-12H2,1-2H3/t13-,16+/m1/s1. The lowest BCUT2D eigenvalue weighted by Gasteiger charge is -2.42. The van der Waals surface area contributed by atoms with Gasteiger partial charge in [0.2, 0.25) is 15.9 Å². The molecule has 1 aromatic rings. The van der Waals surface area contributed by atoms with E-state index in [0.29, 0.717) is 25.5 Å². The van der Waals surface area contributed by atoms with Gasteiger partial charge in [-0.3, -0.25) is 4.90 Å². The Morgan fingerprint density at radius 2 is 2.21 bits per heavy atom. The van der Waals surface area contributed by atoms with Gasteiger partial charge in [-0.15, -0.1) is 0 Å². The Balaban J connectivity index is 1.71. The van der Waals surface area contributed by atoms with Crippen LogP contribution < -0.4 is 4.74 Å². The first-order valence-electron chi connectivity index (χ1n) is 8.14. The first kappa shape index (κ1) is 17.6. The van der Waals surface area contributed by atoms with Crippen molar-refractivity contribution in [1.82, 2.24) is 14.2 Å². The van der Waals surface area contributed by atoms with Gasteiger partial charge in [0.15, 0.2) is 0 Å². The summed E-state index contributed by atoms with van der Waals surface area (Å²) in [5, 5.41) is 9.91. The van der Waals surface area contributed by atoms with Gasteiger partial charge in [-0.25, -0.2) is 17.7 Å². The zero-order valence-corrected chi connectivity index (χ0v) is 15.0. The lowest BCUT2D eigenvalue weighted by molar-refractivity contribution is 0.0166. The number of hydrogen-bond donors (Lipinski definition) is 1. The molecular weight excluding hydrogens is 330 g/mol. The molecule has 1 N–H and O–H groups in total. The lowest BCUT2D eigenvalue weighted by atomic mass is 9.73. The van der Waals surface area contributed by atoms with Crippen LogP contribution in [0.2, 0.25) is 0 Å². The van der Waals surface area contributed by atoms with Crippen LogP contribution in [-0.4, -0.2) is 73.9 Å². The van der Waals surface area contributed by atoms with Gasteiger partial charge in [0.25, 0.3) is 0 Å². The first-order chi connectivity index (χ1) is 11.4. The van der Waals surface area contributed by atoms with Gasteiger partial charge in [-0.1, -0.05) is 6.07 Å². The molecule has 2 aliphatic heterocycles. The normalized spacial score (nSPS) is 28.7. The highest BCUT2D eigenvalue weighted by molar-refractivity contribution is 7.88. The molecule has 2 atom stereocenters. The molecule has 0 spiro atoms. The highest BCUT2D eigenvalue weighted by Gasteiger charge is 2.51. The number of aliphatic hydroxyl groups is 1. The summed E-state index contributed by atoms with van der Waals surface area (Å²) in [5.74, 6) is 0.745. The fourth-order valence-corrected chi connectivity index (χ4v) is 4.79. The number of piperidine rings is 1. The van der Waals surface area contributed by atoms with Crippen molar-refractivity contribution >= 4 is 10.0 Å². The van der Waals surface area contributed by atoms with Crippen molar-refractivity contribution < 1.29 is 18.3 Å². The smallest absolute Gasteiger partial charge is 0.213 e. The Bertz CT molecular complexity index is 696. The molecule has 0 aromatic carbocycles. The number of aliphatic hydroxyl groups excluding tert-OH is 1. The quantitative estimate of drug-likeness (QED) is 0.811. The number of likely N-dealkylation sites (tertiary alicyclic amines) is 1. The van der Waals surface area contributed by atoms with Crippen LogP contribution in [-0.2, 0) is 16.6 Å². The number of hydrogen-bond acceptors (Lipinski definition) is 6. The number of nitrogens with zero attached hydrogens (tertiary/aromatic N) is 3. The van der Waals surface area contributed by atoms with Gasteiger partial charge >= 0.3 is 0 Å². The van der Waals surface area contributed by atoms with Gasteiger partial charge in [-0.2, -0.15) is 0 Å². The van der Waals surface area contributed by atoms with E-state index in [4.69, 9.17) is 4.74 Å². The summed E-state index contributed by atoms with van der Waals surface area (Å²) in [6.07, 6.45) is 2.04. The molecule has 0 aliphatic carbocycles. The molecule has 134 valence electrons. The fraction of sp³-hybridized carbons (Fsp3) is 0.688. The molecule has 1 aromatic heterocycles. The maximum atomic E-state index is 11.9. The monoisotopic (exact) mass is 355 g/mol. The Hall–Kier alpha value is -1.22. The van der Waals surface area contributed by atoms with Crippen molar-refractivity contribution in [1.29, 1.82) is 0 Å². The molecule has 0 bridgehead atoms. The van der Waals surface area contributed by atoms with E-state index in [0.717, 1.165) is 25.2 Å². The van der Waals surface area contributed by atoms with Gasteiger partial charge in [0.1, 0.15) is 0 Å². The van der Waals surface area contributed by atoms with E-state index >= 15 is 0 Å². The van der Waals surface area contributed by atoms with Crippen LogP contribution in [0.5, 0.6) is 5.88 Å². The third kappa shape index (κ3) is 3.42. The number of aromatic nitrogens is 1. The van der Waals surface area contributed by atoms with Crippen LogP contribution in [0.15, 0.2) is 18.2 Å². The summed E-state index contributed by atoms with van der Waals surface area (Å²) in [6.45, 7) is 3.25. The average Bonchev–Trinajstić information content (AvgIpc) is 2.95. The van der Waals surface area contributed by atoms with E-state index < -0.39 is 10.0 Å². The number of methoxy groups -OCH3 is 1.